The highest BCUT2D eigenvalue weighted by Crippen LogP contribution is 2.26. The maximum Gasteiger partial charge on any atom is 0.153 e. The lowest BCUT2D eigenvalue weighted by atomic mass is 9.99. The lowest BCUT2D eigenvalue weighted by Crippen LogP contribution is -2.35. The maximum atomic E-state index is 14.8. The molecule has 1 heterocycles. The van der Waals surface area contributed by atoms with Crippen molar-refractivity contribution in [2.45, 2.75) is 20.1 Å². The summed E-state index contributed by atoms with van der Waals surface area (Å²) in [6.07, 6.45) is 0.552. The largest absolute Gasteiger partial charge is 0.392 e. The van der Waals surface area contributed by atoms with Gasteiger partial charge in [-0.3, -0.25) is 9.69 Å². The summed E-state index contributed by atoms with van der Waals surface area (Å²) < 4.78 is 20.2. The van der Waals surface area contributed by atoms with E-state index in [9.17, 15) is 14.3 Å². The van der Waals surface area contributed by atoms with E-state index in [1.54, 1.807) is 25.1 Å². The zero-order chi connectivity index (χ0) is 19.2. The first-order valence-corrected chi connectivity index (χ1v) is 8.99. The number of hydrogen-bond donors (Lipinski definition) is 2. The zero-order valence-electron chi connectivity index (χ0n) is 15.4. The van der Waals surface area contributed by atoms with Gasteiger partial charge >= 0.3 is 0 Å². The first-order valence-electron chi connectivity index (χ1n) is 8.99. The van der Waals surface area contributed by atoms with Crippen molar-refractivity contribution >= 4 is 12.0 Å². The second-order valence-corrected chi connectivity index (χ2v) is 6.62. The highest BCUT2D eigenvalue weighted by molar-refractivity contribution is 5.77. The molecule has 6 heteroatoms. The van der Waals surface area contributed by atoms with Gasteiger partial charge < -0.3 is 15.2 Å². The van der Waals surface area contributed by atoms with E-state index >= 15 is 0 Å². The van der Waals surface area contributed by atoms with Gasteiger partial charge in [-0.25, -0.2) is 4.39 Å². The number of benzene rings is 2. The van der Waals surface area contributed by atoms with Gasteiger partial charge in [0, 0.05) is 36.4 Å². The van der Waals surface area contributed by atoms with Crippen LogP contribution in [0.25, 0.3) is 0 Å². The molecule has 0 aliphatic carbocycles. The quantitative estimate of drug-likeness (QED) is 0.733. The number of para-hydroxylation sites is 1. The Morgan fingerprint density at radius 1 is 1.30 bits per heavy atom. The third-order valence-electron chi connectivity index (χ3n) is 4.71. The van der Waals surface area contributed by atoms with Crippen molar-refractivity contribution < 1.29 is 19.0 Å². The van der Waals surface area contributed by atoms with E-state index in [-0.39, 0.29) is 12.2 Å². The van der Waals surface area contributed by atoms with Gasteiger partial charge in [0.2, 0.25) is 0 Å². The molecule has 0 bridgehead atoms. The molecule has 1 aliphatic rings. The van der Waals surface area contributed by atoms with Crippen LogP contribution in [0, 0.1) is 11.9 Å². The van der Waals surface area contributed by atoms with Crippen molar-refractivity contribution in [3.8, 4) is 0 Å². The lowest BCUT2D eigenvalue weighted by Gasteiger charge is -2.27. The van der Waals surface area contributed by atoms with Crippen molar-refractivity contribution in [1.29, 1.82) is 0 Å². The molecule has 1 saturated heterocycles. The number of aliphatic hydroxyl groups excluding tert-OH is 1. The molecule has 0 spiro atoms. The number of carbonyl (C=O) groups excluding carboxylic acids is 1. The molecule has 0 unspecified atom stereocenters. The van der Waals surface area contributed by atoms with Gasteiger partial charge in [-0.15, -0.1) is 0 Å². The van der Waals surface area contributed by atoms with Crippen LogP contribution in [0.4, 0.5) is 10.1 Å². The number of ether oxygens (including phenoxy) is 1. The van der Waals surface area contributed by atoms with E-state index < -0.39 is 5.82 Å². The fraction of sp³-hybridized carbons (Fsp3) is 0.333. The predicted octanol–water partition coefficient (Wildman–Crippen LogP) is 2.97. The van der Waals surface area contributed by atoms with E-state index in [0.717, 1.165) is 24.2 Å². The maximum absolute atomic E-state index is 14.8. The Labute approximate surface area is 158 Å². The molecule has 3 rings (SSSR count). The monoisotopic (exact) mass is 371 g/mol. The second kappa shape index (κ2) is 9.08. The van der Waals surface area contributed by atoms with Crippen LogP contribution in [0.5, 0.6) is 0 Å². The van der Waals surface area contributed by atoms with E-state index in [1.807, 2.05) is 18.2 Å². The van der Waals surface area contributed by atoms with Crippen molar-refractivity contribution in [2.75, 3.05) is 31.6 Å². The Hall–Kier alpha value is -2.28. The fourth-order valence-electron chi connectivity index (χ4n) is 3.23. The van der Waals surface area contributed by atoms with Crippen LogP contribution in [0.1, 0.15) is 34.0 Å². The van der Waals surface area contributed by atoms with Crippen LogP contribution in [-0.4, -0.2) is 42.6 Å². The third kappa shape index (κ3) is 4.71. The van der Waals surface area contributed by atoms with Gasteiger partial charge in [-0.1, -0.05) is 18.2 Å². The molecule has 2 aromatic carbocycles. The van der Waals surface area contributed by atoms with Crippen LogP contribution in [-0.2, 0) is 17.9 Å². The minimum Gasteiger partial charge on any atom is -0.392 e. The Morgan fingerprint density at radius 3 is 2.74 bits per heavy atom. The number of nitrogens with one attached hydrogen (secondary N) is 1. The first kappa shape index (κ1) is 19.5. The molecule has 0 aromatic heterocycles. The van der Waals surface area contributed by atoms with E-state index in [1.165, 1.54) is 0 Å². The number of anilines is 1. The minimum absolute atomic E-state index is 0.0485. The van der Waals surface area contributed by atoms with Crippen LogP contribution < -0.4 is 5.32 Å². The highest BCUT2D eigenvalue weighted by Gasteiger charge is 2.19. The topological polar surface area (TPSA) is 61.8 Å². The van der Waals surface area contributed by atoms with Gasteiger partial charge in [0.05, 0.1) is 31.4 Å². The summed E-state index contributed by atoms with van der Waals surface area (Å²) in [7, 11) is 0. The molecule has 1 fully saturated rings. The molecule has 0 saturated carbocycles. The summed E-state index contributed by atoms with van der Waals surface area (Å²) in [5.74, 6) is -0.540. The van der Waals surface area contributed by atoms with Crippen molar-refractivity contribution in [1.82, 2.24) is 4.90 Å². The Balaban J connectivity index is 1.86. The molecule has 0 atom stereocenters. The molecule has 2 N–H and O–H groups in total. The van der Waals surface area contributed by atoms with Crippen LogP contribution in [0.15, 0.2) is 36.4 Å². The lowest BCUT2D eigenvalue weighted by molar-refractivity contribution is 0.0341. The number of aliphatic hydroxyl groups is 1. The molecule has 1 aliphatic heterocycles. The molecule has 143 valence electrons. The van der Waals surface area contributed by atoms with Crippen molar-refractivity contribution in [3.05, 3.63) is 70.5 Å². The average Bonchev–Trinajstić information content (AvgIpc) is 2.70. The second-order valence-electron chi connectivity index (χ2n) is 6.62. The fourth-order valence-corrected chi connectivity index (χ4v) is 3.23. The third-order valence-corrected chi connectivity index (χ3v) is 4.71. The summed E-state index contributed by atoms with van der Waals surface area (Å²) in [6, 6.07) is 11.3. The summed E-state index contributed by atoms with van der Waals surface area (Å²) >= 11 is 0. The Bertz CT molecular complexity index is 791. The molecule has 5 nitrogen and oxygen atoms in total. The molecular weight excluding hydrogens is 347 g/mol. The van der Waals surface area contributed by atoms with Gasteiger partial charge in [-0.05, 0) is 30.7 Å². The van der Waals surface area contributed by atoms with Crippen molar-refractivity contribution in [2.24, 2.45) is 0 Å². The SMILES string of the molecule is C[C](Nc1ccccc1CO)c1cc(CN2CCOCC2)cc(C=O)c1F. The van der Waals surface area contributed by atoms with Crippen LogP contribution >= 0.6 is 0 Å². The number of rotatable bonds is 7. The van der Waals surface area contributed by atoms with E-state index in [4.69, 9.17) is 4.74 Å². The molecule has 2 aromatic rings. The average molecular weight is 371 g/mol. The molecule has 27 heavy (non-hydrogen) atoms. The summed E-state index contributed by atoms with van der Waals surface area (Å²) in [6.45, 7) is 5.27. The molecular formula is C21H24FN2O3. The number of carbonyl (C=O) groups is 1. The standard InChI is InChI=1S/C21H24FN2O3/c1-15(23-20-5-3-2-4-17(20)13-25)19-11-16(10-18(14-26)21(19)22)12-24-6-8-27-9-7-24/h2-5,10-11,14,23,25H,6-9,12-13H2,1H3. The number of morpholine rings is 1. The Morgan fingerprint density at radius 2 is 2.04 bits per heavy atom. The van der Waals surface area contributed by atoms with Crippen molar-refractivity contribution in [3.63, 3.8) is 0 Å². The van der Waals surface area contributed by atoms with Gasteiger partial charge in [0.1, 0.15) is 5.82 Å². The number of nitrogens with zero attached hydrogens (tertiary/aromatic N) is 1. The smallest absolute Gasteiger partial charge is 0.153 e. The van der Waals surface area contributed by atoms with E-state index in [0.29, 0.717) is 43.3 Å². The number of aldehydes is 1. The zero-order valence-corrected chi connectivity index (χ0v) is 15.4. The summed E-state index contributed by atoms with van der Waals surface area (Å²) in [4.78, 5) is 13.6. The molecule has 1 radical (unpaired) electrons. The Kier molecular flexibility index (Phi) is 6.55. The van der Waals surface area contributed by atoms with Gasteiger partial charge in [0.25, 0.3) is 0 Å². The van der Waals surface area contributed by atoms with E-state index in [2.05, 4.69) is 10.2 Å². The number of halogens is 1. The normalized spacial score (nSPS) is 15.1. The summed E-state index contributed by atoms with van der Waals surface area (Å²) in [5.41, 5.74) is 2.72. The minimum atomic E-state index is -0.540. The highest BCUT2D eigenvalue weighted by atomic mass is 19.1. The van der Waals surface area contributed by atoms with Crippen LogP contribution in [0.2, 0.25) is 0 Å². The summed E-state index contributed by atoms with van der Waals surface area (Å²) in [5, 5.41) is 12.6. The first-order chi connectivity index (χ1) is 13.1. The molecule has 0 amide bonds. The van der Waals surface area contributed by atoms with Gasteiger partial charge in [-0.2, -0.15) is 0 Å². The van der Waals surface area contributed by atoms with Crippen LogP contribution in [0.3, 0.4) is 0 Å². The van der Waals surface area contributed by atoms with Gasteiger partial charge in [0.15, 0.2) is 6.29 Å². The number of hydrogen-bond acceptors (Lipinski definition) is 5. The predicted molar refractivity (Wildman–Crippen MR) is 102 cm³/mol.